The summed E-state index contributed by atoms with van der Waals surface area (Å²) >= 11 is 1.68. The lowest BCUT2D eigenvalue weighted by Crippen LogP contribution is -2.53. The molecule has 0 radical (unpaired) electrons. The summed E-state index contributed by atoms with van der Waals surface area (Å²) in [6, 6.07) is 6.61. The molecule has 0 saturated carbocycles. The van der Waals surface area contributed by atoms with Crippen LogP contribution in [0, 0.1) is 0 Å². The molecule has 1 atom stereocenters. The summed E-state index contributed by atoms with van der Waals surface area (Å²) < 4.78 is 0. The molecule has 1 aliphatic carbocycles. The van der Waals surface area contributed by atoms with Gasteiger partial charge in [0.2, 0.25) is 5.91 Å². The van der Waals surface area contributed by atoms with Gasteiger partial charge in [-0.15, -0.1) is 11.8 Å². The molecule has 0 saturated heterocycles. The zero-order valence-electron chi connectivity index (χ0n) is 11.0. The van der Waals surface area contributed by atoms with E-state index >= 15 is 0 Å². The average molecular weight is 264 g/mol. The van der Waals surface area contributed by atoms with Crippen LogP contribution in [0.25, 0.3) is 0 Å². The van der Waals surface area contributed by atoms with Crippen molar-refractivity contribution < 1.29 is 4.79 Å². The van der Waals surface area contributed by atoms with Crippen LogP contribution in [-0.2, 0) is 17.6 Å². The van der Waals surface area contributed by atoms with Crippen molar-refractivity contribution in [2.75, 3.05) is 12.8 Å². The molecule has 1 aromatic rings. The van der Waals surface area contributed by atoms with E-state index in [1.807, 2.05) is 6.92 Å². The molecule has 4 heteroatoms. The molecule has 1 aliphatic rings. The predicted molar refractivity (Wildman–Crippen MR) is 75.9 cm³/mol. The average Bonchev–Trinajstić information content (AvgIpc) is 2.82. The summed E-state index contributed by atoms with van der Waals surface area (Å²) in [7, 11) is 1.77. The first-order valence-electron chi connectivity index (χ1n) is 6.28. The van der Waals surface area contributed by atoms with Gasteiger partial charge in [-0.05, 0) is 56.5 Å². The fraction of sp³-hybridized carbons (Fsp3) is 0.500. The first-order chi connectivity index (χ1) is 8.55. The maximum Gasteiger partial charge on any atom is 0.238 e. The lowest BCUT2D eigenvalue weighted by atomic mass is 10.1. The number of thioether (sulfide) groups is 1. The Kier molecular flexibility index (Phi) is 3.97. The second kappa shape index (κ2) is 5.33. The predicted octanol–water partition coefficient (Wildman–Crippen LogP) is 1.73. The monoisotopic (exact) mass is 264 g/mol. The number of rotatable bonds is 5. The van der Waals surface area contributed by atoms with Crippen molar-refractivity contribution in [3.05, 3.63) is 29.3 Å². The highest BCUT2D eigenvalue weighted by molar-refractivity contribution is 7.99. The molecular weight excluding hydrogens is 244 g/mol. The van der Waals surface area contributed by atoms with Crippen LogP contribution < -0.4 is 11.1 Å². The summed E-state index contributed by atoms with van der Waals surface area (Å²) in [6.45, 7) is 1.84. The van der Waals surface area contributed by atoms with Gasteiger partial charge in [0.15, 0.2) is 0 Å². The van der Waals surface area contributed by atoms with Crippen LogP contribution in [0.1, 0.15) is 24.5 Å². The van der Waals surface area contributed by atoms with Crippen molar-refractivity contribution in [1.29, 1.82) is 0 Å². The molecule has 2 rings (SSSR count). The van der Waals surface area contributed by atoms with E-state index in [1.54, 1.807) is 18.8 Å². The Hall–Kier alpha value is -1.00. The number of primary amides is 1. The van der Waals surface area contributed by atoms with E-state index in [4.69, 9.17) is 5.73 Å². The van der Waals surface area contributed by atoms with E-state index in [-0.39, 0.29) is 5.91 Å². The van der Waals surface area contributed by atoms with Gasteiger partial charge in [0.05, 0.1) is 0 Å². The number of carbonyl (C=O) groups excluding carboxylic acids is 1. The third-order valence-corrected chi connectivity index (χ3v) is 5.00. The first kappa shape index (κ1) is 13.4. The minimum Gasteiger partial charge on any atom is -0.368 e. The van der Waals surface area contributed by atoms with Gasteiger partial charge in [0.1, 0.15) is 5.54 Å². The standard InChI is InChI=1S/C14H20N2OS/c1-14(16-2,13(15)17)9-18-12-7-6-10-4-3-5-11(10)8-12/h6-8,16H,3-5,9H2,1-2H3,(H2,15,17). The summed E-state index contributed by atoms with van der Waals surface area (Å²) in [4.78, 5) is 12.6. The number of benzene rings is 1. The number of aryl methyl sites for hydroxylation is 2. The number of nitrogens with two attached hydrogens (primary N) is 1. The third-order valence-electron chi connectivity index (χ3n) is 3.69. The Morgan fingerprint density at radius 3 is 2.83 bits per heavy atom. The van der Waals surface area contributed by atoms with Crippen LogP contribution in [0.4, 0.5) is 0 Å². The van der Waals surface area contributed by atoms with Crippen LogP contribution >= 0.6 is 11.8 Å². The van der Waals surface area contributed by atoms with E-state index in [0.29, 0.717) is 5.75 Å². The highest BCUT2D eigenvalue weighted by Gasteiger charge is 2.29. The van der Waals surface area contributed by atoms with Crippen molar-refractivity contribution in [1.82, 2.24) is 5.32 Å². The van der Waals surface area contributed by atoms with E-state index in [0.717, 1.165) is 0 Å². The Balaban J connectivity index is 2.04. The Morgan fingerprint density at radius 1 is 1.44 bits per heavy atom. The molecule has 3 nitrogen and oxygen atoms in total. The second-order valence-corrected chi connectivity index (χ2v) is 6.07. The van der Waals surface area contributed by atoms with Gasteiger partial charge in [0, 0.05) is 10.6 Å². The third kappa shape index (κ3) is 2.70. The van der Waals surface area contributed by atoms with Crippen LogP contribution in [0.15, 0.2) is 23.1 Å². The smallest absolute Gasteiger partial charge is 0.238 e. The van der Waals surface area contributed by atoms with Crippen LogP contribution in [0.3, 0.4) is 0 Å². The van der Waals surface area contributed by atoms with Gasteiger partial charge >= 0.3 is 0 Å². The number of amides is 1. The summed E-state index contributed by atoms with van der Waals surface area (Å²) in [5, 5.41) is 3.01. The second-order valence-electron chi connectivity index (χ2n) is 5.02. The van der Waals surface area contributed by atoms with Crippen LogP contribution in [0.2, 0.25) is 0 Å². The summed E-state index contributed by atoms with van der Waals surface area (Å²) in [5.74, 6) is 0.344. The lowest BCUT2D eigenvalue weighted by molar-refractivity contribution is -0.122. The largest absolute Gasteiger partial charge is 0.368 e. The Morgan fingerprint density at radius 2 is 2.17 bits per heavy atom. The summed E-state index contributed by atoms with van der Waals surface area (Å²) in [5.41, 5.74) is 7.71. The topological polar surface area (TPSA) is 55.1 Å². The molecule has 0 fully saturated rings. The van der Waals surface area contributed by atoms with E-state index in [9.17, 15) is 4.79 Å². The number of carbonyl (C=O) groups is 1. The van der Waals surface area contributed by atoms with Crippen molar-refractivity contribution in [3.63, 3.8) is 0 Å². The van der Waals surface area contributed by atoms with Gasteiger partial charge in [-0.1, -0.05) is 6.07 Å². The molecule has 0 heterocycles. The molecule has 18 heavy (non-hydrogen) atoms. The van der Waals surface area contributed by atoms with Gasteiger partial charge in [0.25, 0.3) is 0 Å². The normalized spacial score (nSPS) is 17.2. The van der Waals surface area contributed by atoms with Gasteiger partial charge < -0.3 is 11.1 Å². The first-order valence-corrected chi connectivity index (χ1v) is 7.27. The molecule has 1 unspecified atom stereocenters. The SMILES string of the molecule is CNC(C)(CSc1ccc2c(c1)CCC2)C(N)=O. The number of likely N-dealkylation sites (N-methyl/N-ethyl adjacent to an activating group) is 1. The van der Waals surface area contributed by atoms with Crippen molar-refractivity contribution in [2.45, 2.75) is 36.6 Å². The quantitative estimate of drug-likeness (QED) is 0.796. The molecular formula is C14H20N2OS. The zero-order chi connectivity index (χ0) is 13.2. The number of nitrogens with one attached hydrogen (secondary N) is 1. The highest BCUT2D eigenvalue weighted by atomic mass is 32.2. The van der Waals surface area contributed by atoms with E-state index in [1.165, 1.54) is 35.3 Å². The number of hydrogen-bond donors (Lipinski definition) is 2. The van der Waals surface area contributed by atoms with E-state index < -0.39 is 5.54 Å². The minimum absolute atomic E-state index is 0.307. The number of hydrogen-bond acceptors (Lipinski definition) is 3. The molecule has 0 bridgehead atoms. The molecule has 1 aromatic carbocycles. The Labute approximate surface area is 113 Å². The van der Waals surface area contributed by atoms with Gasteiger partial charge in [-0.2, -0.15) is 0 Å². The van der Waals surface area contributed by atoms with Gasteiger partial charge in [-0.3, -0.25) is 4.79 Å². The molecule has 0 aromatic heterocycles. The molecule has 1 amide bonds. The highest BCUT2D eigenvalue weighted by Crippen LogP contribution is 2.29. The maximum atomic E-state index is 11.4. The van der Waals surface area contributed by atoms with Crippen molar-refractivity contribution in [3.8, 4) is 0 Å². The maximum absolute atomic E-state index is 11.4. The lowest BCUT2D eigenvalue weighted by Gasteiger charge is -2.24. The molecule has 98 valence electrons. The fourth-order valence-corrected chi connectivity index (χ4v) is 3.26. The fourth-order valence-electron chi connectivity index (χ4n) is 2.13. The molecule has 3 N–H and O–H groups in total. The van der Waals surface area contributed by atoms with Crippen molar-refractivity contribution >= 4 is 17.7 Å². The van der Waals surface area contributed by atoms with Gasteiger partial charge in [-0.25, -0.2) is 0 Å². The van der Waals surface area contributed by atoms with E-state index in [2.05, 4.69) is 23.5 Å². The Bertz CT molecular complexity index is 461. The molecule has 0 spiro atoms. The minimum atomic E-state index is -0.649. The zero-order valence-corrected chi connectivity index (χ0v) is 11.8. The molecule has 0 aliphatic heterocycles. The van der Waals surface area contributed by atoms with Crippen LogP contribution in [-0.4, -0.2) is 24.2 Å². The number of fused-ring (bicyclic) bond motifs is 1. The summed E-state index contributed by atoms with van der Waals surface area (Å²) in [6.07, 6.45) is 3.65. The van der Waals surface area contributed by atoms with Crippen molar-refractivity contribution in [2.24, 2.45) is 5.73 Å². The van der Waals surface area contributed by atoms with Crippen LogP contribution in [0.5, 0.6) is 0 Å².